The largest absolute Gasteiger partial charge is 0.373 e. The Morgan fingerprint density at radius 2 is 2.29 bits per heavy atom. The van der Waals surface area contributed by atoms with Crippen LogP contribution in [0.5, 0.6) is 0 Å². The average Bonchev–Trinajstić information content (AvgIpc) is 2.54. The van der Waals surface area contributed by atoms with Crippen molar-refractivity contribution in [3.8, 4) is 0 Å². The molecule has 0 bridgehead atoms. The fraction of sp³-hybridized carbons (Fsp3) is 0.700. The molecule has 0 aromatic carbocycles. The maximum Gasteiger partial charge on any atom is 0.135 e. The highest BCUT2D eigenvalue weighted by molar-refractivity contribution is 5.03. The number of hydrogen-bond acceptors (Lipinski definition) is 3. The topological polar surface area (TPSA) is 49.9 Å². The van der Waals surface area contributed by atoms with Gasteiger partial charge in [0.05, 0.1) is 0 Å². The molecule has 1 atom stereocenters. The van der Waals surface area contributed by atoms with E-state index in [0.717, 1.165) is 18.1 Å². The van der Waals surface area contributed by atoms with Crippen molar-refractivity contribution in [1.82, 2.24) is 15.3 Å². The van der Waals surface area contributed by atoms with Crippen LogP contribution >= 0.6 is 0 Å². The van der Waals surface area contributed by atoms with Gasteiger partial charge in [0.1, 0.15) is 11.9 Å². The molecule has 1 aromatic heterocycles. The van der Waals surface area contributed by atoms with Gasteiger partial charge in [0.2, 0.25) is 0 Å². The summed E-state index contributed by atoms with van der Waals surface area (Å²) in [4.78, 5) is 7.55. The van der Waals surface area contributed by atoms with E-state index in [1.807, 2.05) is 13.2 Å². The highest BCUT2D eigenvalue weighted by Gasteiger charge is 2.17. The molecule has 1 aromatic rings. The molecule has 80 valence electrons. The van der Waals surface area contributed by atoms with Gasteiger partial charge >= 0.3 is 0 Å². The number of ether oxygens (including phenoxy) is 1. The Hall–Kier alpha value is -0.870. The number of aromatic nitrogens is 2. The zero-order valence-corrected chi connectivity index (χ0v) is 9.29. The SMILES string of the molecule is CNCc1cnc(C(OC)C(C)C)[nH]1. The predicted molar refractivity (Wildman–Crippen MR) is 55.9 cm³/mol. The quantitative estimate of drug-likeness (QED) is 0.751. The zero-order chi connectivity index (χ0) is 10.6. The highest BCUT2D eigenvalue weighted by atomic mass is 16.5. The van der Waals surface area contributed by atoms with Gasteiger partial charge in [-0.15, -0.1) is 0 Å². The maximum atomic E-state index is 5.38. The van der Waals surface area contributed by atoms with Crippen LogP contribution < -0.4 is 5.32 Å². The first-order valence-electron chi connectivity index (χ1n) is 4.90. The van der Waals surface area contributed by atoms with E-state index in [1.165, 1.54) is 0 Å². The fourth-order valence-electron chi connectivity index (χ4n) is 1.50. The number of hydrogen-bond donors (Lipinski definition) is 2. The smallest absolute Gasteiger partial charge is 0.135 e. The molecule has 0 aliphatic heterocycles. The second-order valence-electron chi connectivity index (χ2n) is 3.72. The van der Waals surface area contributed by atoms with Crippen LogP contribution in [0.1, 0.15) is 31.5 Å². The zero-order valence-electron chi connectivity index (χ0n) is 9.29. The molecule has 1 rings (SSSR count). The van der Waals surface area contributed by atoms with E-state index in [1.54, 1.807) is 7.11 Å². The van der Waals surface area contributed by atoms with Crippen molar-refractivity contribution in [1.29, 1.82) is 0 Å². The molecule has 0 aliphatic carbocycles. The first kappa shape index (κ1) is 11.2. The number of imidazole rings is 1. The predicted octanol–water partition coefficient (Wildman–Crippen LogP) is 1.47. The molecular formula is C10H19N3O. The van der Waals surface area contributed by atoms with Crippen LogP contribution in [0.15, 0.2) is 6.20 Å². The molecule has 0 spiro atoms. The molecule has 4 heteroatoms. The van der Waals surface area contributed by atoms with Crippen LogP contribution in [-0.2, 0) is 11.3 Å². The number of nitrogens with one attached hydrogen (secondary N) is 2. The molecule has 0 saturated carbocycles. The lowest BCUT2D eigenvalue weighted by Gasteiger charge is -2.16. The molecule has 0 fully saturated rings. The number of rotatable bonds is 5. The average molecular weight is 197 g/mol. The van der Waals surface area contributed by atoms with Gasteiger partial charge < -0.3 is 15.0 Å². The number of aromatic amines is 1. The lowest BCUT2D eigenvalue weighted by Crippen LogP contribution is -2.11. The second kappa shape index (κ2) is 5.12. The summed E-state index contributed by atoms with van der Waals surface area (Å²) >= 11 is 0. The molecule has 1 heterocycles. The fourth-order valence-corrected chi connectivity index (χ4v) is 1.50. The Morgan fingerprint density at radius 3 is 2.79 bits per heavy atom. The van der Waals surface area contributed by atoms with Gasteiger partial charge in [-0.1, -0.05) is 13.8 Å². The van der Waals surface area contributed by atoms with E-state index >= 15 is 0 Å². The van der Waals surface area contributed by atoms with Gasteiger partial charge in [-0.2, -0.15) is 0 Å². The molecule has 0 radical (unpaired) electrons. The van der Waals surface area contributed by atoms with Crippen molar-refractivity contribution >= 4 is 0 Å². The second-order valence-corrected chi connectivity index (χ2v) is 3.72. The Kier molecular flexibility index (Phi) is 4.10. The van der Waals surface area contributed by atoms with Crippen LogP contribution in [0.25, 0.3) is 0 Å². The molecule has 0 amide bonds. The maximum absolute atomic E-state index is 5.38. The van der Waals surface area contributed by atoms with Crippen LogP contribution in [0.4, 0.5) is 0 Å². The lowest BCUT2D eigenvalue weighted by molar-refractivity contribution is 0.0581. The van der Waals surface area contributed by atoms with Crippen LogP contribution in [0.3, 0.4) is 0 Å². The first-order valence-corrected chi connectivity index (χ1v) is 4.90. The molecule has 4 nitrogen and oxygen atoms in total. The minimum atomic E-state index is 0.0561. The summed E-state index contributed by atoms with van der Waals surface area (Å²) in [6, 6.07) is 0. The summed E-state index contributed by atoms with van der Waals surface area (Å²) in [5.41, 5.74) is 1.09. The van der Waals surface area contributed by atoms with Gasteiger partial charge in [-0.3, -0.25) is 0 Å². The molecule has 0 aliphatic rings. The molecule has 2 N–H and O–H groups in total. The minimum Gasteiger partial charge on any atom is -0.373 e. The monoisotopic (exact) mass is 197 g/mol. The molecule has 1 unspecified atom stereocenters. The first-order chi connectivity index (χ1) is 6.69. The lowest BCUT2D eigenvalue weighted by atomic mass is 10.1. The van der Waals surface area contributed by atoms with Crippen LogP contribution in [-0.4, -0.2) is 24.1 Å². The Morgan fingerprint density at radius 1 is 1.57 bits per heavy atom. The number of nitrogens with zero attached hydrogens (tertiary/aromatic N) is 1. The minimum absolute atomic E-state index is 0.0561. The van der Waals surface area contributed by atoms with E-state index in [2.05, 4.69) is 29.1 Å². The molecule has 14 heavy (non-hydrogen) atoms. The third kappa shape index (κ3) is 2.56. The summed E-state index contributed by atoms with van der Waals surface area (Å²) in [5, 5.41) is 3.07. The van der Waals surface area contributed by atoms with Gasteiger partial charge in [0, 0.05) is 25.5 Å². The standard InChI is InChI=1S/C10H19N3O/c1-7(2)9(14-4)10-12-6-8(13-10)5-11-3/h6-7,9,11H,5H2,1-4H3,(H,12,13). The van der Waals surface area contributed by atoms with Crippen molar-refractivity contribution in [2.75, 3.05) is 14.2 Å². The molecule has 0 saturated heterocycles. The van der Waals surface area contributed by atoms with E-state index in [0.29, 0.717) is 5.92 Å². The van der Waals surface area contributed by atoms with E-state index < -0.39 is 0 Å². The summed E-state index contributed by atoms with van der Waals surface area (Å²) < 4.78 is 5.38. The van der Waals surface area contributed by atoms with E-state index in [-0.39, 0.29) is 6.10 Å². The number of methoxy groups -OCH3 is 1. The van der Waals surface area contributed by atoms with Gasteiger partial charge in [0.15, 0.2) is 0 Å². The summed E-state index contributed by atoms with van der Waals surface area (Å²) in [5.74, 6) is 1.33. The van der Waals surface area contributed by atoms with Crippen molar-refractivity contribution in [2.24, 2.45) is 5.92 Å². The summed E-state index contributed by atoms with van der Waals surface area (Å²) in [6.07, 6.45) is 1.90. The van der Waals surface area contributed by atoms with Crippen molar-refractivity contribution in [3.05, 3.63) is 17.7 Å². The third-order valence-corrected chi connectivity index (χ3v) is 2.14. The van der Waals surface area contributed by atoms with Crippen molar-refractivity contribution in [2.45, 2.75) is 26.5 Å². The van der Waals surface area contributed by atoms with Crippen molar-refractivity contribution in [3.63, 3.8) is 0 Å². The van der Waals surface area contributed by atoms with Crippen LogP contribution in [0, 0.1) is 5.92 Å². The van der Waals surface area contributed by atoms with Gasteiger partial charge in [0.25, 0.3) is 0 Å². The Balaban J connectivity index is 2.73. The summed E-state index contributed by atoms with van der Waals surface area (Å²) in [6.45, 7) is 5.05. The summed E-state index contributed by atoms with van der Waals surface area (Å²) in [7, 11) is 3.63. The van der Waals surface area contributed by atoms with E-state index in [4.69, 9.17) is 4.74 Å². The highest BCUT2D eigenvalue weighted by Crippen LogP contribution is 2.21. The Labute approximate surface area is 85.1 Å². The normalized spacial score (nSPS) is 13.5. The molecular weight excluding hydrogens is 178 g/mol. The van der Waals surface area contributed by atoms with Gasteiger partial charge in [-0.05, 0) is 13.0 Å². The van der Waals surface area contributed by atoms with Crippen molar-refractivity contribution < 1.29 is 4.74 Å². The van der Waals surface area contributed by atoms with E-state index in [9.17, 15) is 0 Å². The third-order valence-electron chi connectivity index (χ3n) is 2.14. The Bertz CT molecular complexity index is 270. The van der Waals surface area contributed by atoms with Crippen LogP contribution in [0.2, 0.25) is 0 Å². The number of H-pyrrole nitrogens is 1. The van der Waals surface area contributed by atoms with Gasteiger partial charge in [-0.25, -0.2) is 4.98 Å².